The molecule has 2 heteroatoms. The number of ketones is 1. The molecule has 0 heterocycles. The summed E-state index contributed by atoms with van der Waals surface area (Å²) in [6.07, 6.45) is 6.01. The Labute approximate surface area is 102 Å². The molecule has 1 aromatic rings. The van der Waals surface area contributed by atoms with Crippen LogP contribution >= 0.6 is 0 Å². The Kier molecular flexibility index (Phi) is 2.65. The van der Waals surface area contributed by atoms with Crippen LogP contribution in [0.1, 0.15) is 36.8 Å². The van der Waals surface area contributed by atoms with Gasteiger partial charge in [0.05, 0.1) is 0 Å². The first kappa shape index (κ1) is 10.8. The van der Waals surface area contributed by atoms with E-state index in [1.807, 2.05) is 12.1 Å². The number of rotatable bonds is 1. The van der Waals surface area contributed by atoms with Crippen molar-refractivity contribution in [2.75, 3.05) is 0 Å². The summed E-state index contributed by atoms with van der Waals surface area (Å²) in [6.45, 7) is 0. The standard InChI is InChI=1S/C15H18O2/c16-14-5-3-11-7-10(1-2-12(11)8-14)13-4-6-15(17)9-13/h3,5,8,10,13,16H,1-2,4,6-7,9H2/t10-,13-/m0/s1. The lowest BCUT2D eigenvalue weighted by atomic mass is 9.76. The normalized spacial score (nSPS) is 28.1. The molecule has 1 saturated carbocycles. The zero-order chi connectivity index (χ0) is 11.8. The molecule has 2 nitrogen and oxygen atoms in total. The van der Waals surface area contributed by atoms with Crippen molar-refractivity contribution in [1.82, 2.24) is 0 Å². The number of hydrogen-bond acceptors (Lipinski definition) is 2. The number of aryl methyl sites for hydroxylation is 1. The van der Waals surface area contributed by atoms with Crippen molar-refractivity contribution in [3.63, 3.8) is 0 Å². The summed E-state index contributed by atoms with van der Waals surface area (Å²) >= 11 is 0. The second kappa shape index (κ2) is 4.17. The van der Waals surface area contributed by atoms with Gasteiger partial charge in [0.2, 0.25) is 0 Å². The molecular formula is C15H18O2. The Morgan fingerprint density at radius 1 is 1.00 bits per heavy atom. The van der Waals surface area contributed by atoms with Crippen LogP contribution in [-0.2, 0) is 17.6 Å². The zero-order valence-electron chi connectivity index (χ0n) is 9.98. The van der Waals surface area contributed by atoms with E-state index in [1.54, 1.807) is 6.07 Å². The van der Waals surface area contributed by atoms with Crippen molar-refractivity contribution in [1.29, 1.82) is 0 Å². The molecule has 0 aromatic heterocycles. The quantitative estimate of drug-likeness (QED) is 0.805. The summed E-state index contributed by atoms with van der Waals surface area (Å²) in [5.74, 6) is 2.12. The topological polar surface area (TPSA) is 37.3 Å². The molecule has 0 unspecified atom stereocenters. The molecular weight excluding hydrogens is 212 g/mol. The van der Waals surface area contributed by atoms with Gasteiger partial charge >= 0.3 is 0 Å². The van der Waals surface area contributed by atoms with Gasteiger partial charge in [0.1, 0.15) is 11.5 Å². The highest BCUT2D eigenvalue weighted by Gasteiger charge is 2.31. The number of aromatic hydroxyl groups is 1. The van der Waals surface area contributed by atoms with Gasteiger partial charge in [-0.1, -0.05) is 6.07 Å². The molecule has 17 heavy (non-hydrogen) atoms. The molecule has 0 bridgehead atoms. The Hall–Kier alpha value is -1.31. The van der Waals surface area contributed by atoms with Crippen LogP contribution in [0.4, 0.5) is 0 Å². The number of carbonyl (C=O) groups is 1. The fraction of sp³-hybridized carbons (Fsp3) is 0.533. The van der Waals surface area contributed by atoms with Gasteiger partial charge in [-0.3, -0.25) is 4.79 Å². The Morgan fingerprint density at radius 3 is 2.53 bits per heavy atom. The summed E-state index contributed by atoms with van der Waals surface area (Å²) in [6, 6.07) is 5.72. The van der Waals surface area contributed by atoms with Crippen molar-refractivity contribution in [3.05, 3.63) is 29.3 Å². The van der Waals surface area contributed by atoms with Gasteiger partial charge in [0.25, 0.3) is 0 Å². The third-order valence-corrected chi connectivity index (χ3v) is 4.41. The van der Waals surface area contributed by atoms with Crippen LogP contribution in [-0.4, -0.2) is 10.9 Å². The fourth-order valence-corrected chi connectivity index (χ4v) is 3.42. The summed E-state index contributed by atoms with van der Waals surface area (Å²) in [5.41, 5.74) is 2.67. The van der Waals surface area contributed by atoms with E-state index in [0.29, 0.717) is 23.4 Å². The second-order valence-corrected chi connectivity index (χ2v) is 5.50. The van der Waals surface area contributed by atoms with E-state index in [0.717, 1.165) is 32.1 Å². The molecule has 2 aliphatic carbocycles. The van der Waals surface area contributed by atoms with Gasteiger partial charge in [-0.05, 0) is 60.8 Å². The summed E-state index contributed by atoms with van der Waals surface area (Å²) in [7, 11) is 0. The first-order valence-electron chi connectivity index (χ1n) is 6.55. The number of hydrogen-bond donors (Lipinski definition) is 1. The highest BCUT2D eigenvalue weighted by Crippen LogP contribution is 2.38. The van der Waals surface area contributed by atoms with Gasteiger partial charge in [-0.15, -0.1) is 0 Å². The predicted octanol–water partition coefficient (Wildman–Crippen LogP) is 2.87. The van der Waals surface area contributed by atoms with E-state index < -0.39 is 0 Å². The predicted molar refractivity (Wildman–Crippen MR) is 66.0 cm³/mol. The maximum Gasteiger partial charge on any atom is 0.133 e. The van der Waals surface area contributed by atoms with Crippen LogP contribution in [0.15, 0.2) is 18.2 Å². The Bertz CT molecular complexity index is 450. The van der Waals surface area contributed by atoms with E-state index in [-0.39, 0.29) is 0 Å². The van der Waals surface area contributed by atoms with Crippen LogP contribution in [0.3, 0.4) is 0 Å². The zero-order valence-corrected chi connectivity index (χ0v) is 9.98. The first-order valence-corrected chi connectivity index (χ1v) is 6.55. The molecule has 0 aliphatic heterocycles. The molecule has 90 valence electrons. The fourth-order valence-electron chi connectivity index (χ4n) is 3.42. The monoisotopic (exact) mass is 230 g/mol. The van der Waals surface area contributed by atoms with Gasteiger partial charge in [0.15, 0.2) is 0 Å². The van der Waals surface area contributed by atoms with Crippen LogP contribution in [0.2, 0.25) is 0 Å². The average Bonchev–Trinajstić information content (AvgIpc) is 2.75. The molecule has 0 spiro atoms. The van der Waals surface area contributed by atoms with E-state index in [1.165, 1.54) is 17.5 Å². The lowest BCUT2D eigenvalue weighted by Gasteiger charge is -2.28. The molecule has 2 aliphatic rings. The SMILES string of the molecule is O=C1CC[C@H]([C@H]2CCc3cc(O)ccc3C2)C1. The maximum atomic E-state index is 11.4. The van der Waals surface area contributed by atoms with Crippen LogP contribution in [0.5, 0.6) is 5.75 Å². The number of benzene rings is 1. The Morgan fingerprint density at radius 2 is 1.76 bits per heavy atom. The number of phenols is 1. The number of phenolic OH excluding ortho intramolecular Hbond substituents is 1. The third kappa shape index (κ3) is 2.08. The van der Waals surface area contributed by atoms with E-state index in [4.69, 9.17) is 0 Å². The molecule has 1 N–H and O–H groups in total. The van der Waals surface area contributed by atoms with Crippen molar-refractivity contribution < 1.29 is 9.90 Å². The Balaban J connectivity index is 1.76. The molecule has 0 saturated heterocycles. The van der Waals surface area contributed by atoms with Gasteiger partial charge in [-0.25, -0.2) is 0 Å². The van der Waals surface area contributed by atoms with Crippen molar-refractivity contribution >= 4 is 5.78 Å². The highest BCUT2D eigenvalue weighted by atomic mass is 16.3. The third-order valence-electron chi connectivity index (χ3n) is 4.41. The molecule has 0 amide bonds. The number of fused-ring (bicyclic) bond motifs is 1. The lowest BCUT2D eigenvalue weighted by molar-refractivity contribution is -0.117. The molecule has 1 aromatic carbocycles. The molecule has 2 atom stereocenters. The minimum Gasteiger partial charge on any atom is -0.508 e. The van der Waals surface area contributed by atoms with Gasteiger partial charge < -0.3 is 5.11 Å². The summed E-state index contributed by atoms with van der Waals surface area (Å²) < 4.78 is 0. The first-order chi connectivity index (χ1) is 8.22. The van der Waals surface area contributed by atoms with Crippen LogP contribution in [0.25, 0.3) is 0 Å². The molecule has 3 rings (SSSR count). The summed E-state index contributed by atoms with van der Waals surface area (Å²) in [5, 5.41) is 9.46. The van der Waals surface area contributed by atoms with Gasteiger partial charge in [-0.2, -0.15) is 0 Å². The second-order valence-electron chi connectivity index (χ2n) is 5.50. The van der Waals surface area contributed by atoms with Crippen molar-refractivity contribution in [2.45, 2.75) is 38.5 Å². The highest BCUT2D eigenvalue weighted by molar-refractivity contribution is 5.80. The van der Waals surface area contributed by atoms with E-state index in [9.17, 15) is 9.90 Å². The maximum absolute atomic E-state index is 11.4. The van der Waals surface area contributed by atoms with Gasteiger partial charge in [0, 0.05) is 12.8 Å². The van der Waals surface area contributed by atoms with Crippen LogP contribution < -0.4 is 0 Å². The minimum atomic E-state index is 0.373. The van der Waals surface area contributed by atoms with E-state index in [2.05, 4.69) is 0 Å². The number of carbonyl (C=O) groups excluding carboxylic acids is 1. The van der Waals surface area contributed by atoms with Crippen molar-refractivity contribution in [3.8, 4) is 5.75 Å². The van der Waals surface area contributed by atoms with Crippen molar-refractivity contribution in [2.24, 2.45) is 11.8 Å². The lowest BCUT2D eigenvalue weighted by Crippen LogP contribution is -2.21. The largest absolute Gasteiger partial charge is 0.508 e. The smallest absolute Gasteiger partial charge is 0.133 e. The average molecular weight is 230 g/mol. The molecule has 1 fully saturated rings. The van der Waals surface area contributed by atoms with E-state index >= 15 is 0 Å². The van der Waals surface area contributed by atoms with Crippen LogP contribution in [0, 0.1) is 11.8 Å². The molecule has 0 radical (unpaired) electrons. The summed E-state index contributed by atoms with van der Waals surface area (Å²) in [4.78, 5) is 11.4. The minimum absolute atomic E-state index is 0.373. The number of Topliss-reactive ketones (excluding diaryl/α,β-unsaturated/α-hetero) is 1.